The molecule has 1 aromatic rings. The Morgan fingerprint density at radius 3 is 2.56 bits per heavy atom. The van der Waals surface area contributed by atoms with E-state index in [1.165, 1.54) is 12.3 Å². The number of halogens is 3. The fourth-order valence-electron chi connectivity index (χ4n) is 1.49. The quantitative estimate of drug-likeness (QED) is 0.905. The molecule has 0 aliphatic rings. The van der Waals surface area contributed by atoms with Gasteiger partial charge in [-0.05, 0) is 26.0 Å². The fraction of sp³-hybridized carbons (Fsp3) is 0.455. The molecule has 100 valence electrons. The van der Waals surface area contributed by atoms with Gasteiger partial charge in [-0.1, -0.05) is 0 Å². The first kappa shape index (κ1) is 14.3. The van der Waals surface area contributed by atoms with Crippen LogP contribution in [0, 0.1) is 0 Å². The van der Waals surface area contributed by atoms with Gasteiger partial charge in [-0.3, -0.25) is 4.79 Å². The minimum absolute atomic E-state index is 0.359. The van der Waals surface area contributed by atoms with E-state index in [0.717, 1.165) is 11.0 Å². The van der Waals surface area contributed by atoms with Crippen molar-refractivity contribution in [2.24, 2.45) is 0 Å². The van der Waals surface area contributed by atoms with E-state index >= 15 is 0 Å². The number of rotatable bonds is 4. The summed E-state index contributed by atoms with van der Waals surface area (Å²) in [7, 11) is 0. The van der Waals surface area contributed by atoms with Crippen LogP contribution in [0.1, 0.15) is 19.4 Å². The van der Waals surface area contributed by atoms with E-state index in [1.54, 1.807) is 13.8 Å². The van der Waals surface area contributed by atoms with Crippen LogP contribution in [-0.2, 0) is 11.0 Å². The van der Waals surface area contributed by atoms with Crippen molar-refractivity contribution in [2.45, 2.75) is 26.1 Å². The monoisotopic (exact) mass is 262 g/mol. The van der Waals surface area contributed by atoms with Gasteiger partial charge in [-0.25, -0.2) is 4.98 Å². The van der Waals surface area contributed by atoms with Crippen molar-refractivity contribution in [1.82, 2.24) is 4.98 Å². The Hall–Kier alpha value is -1.79. The molecule has 1 heterocycles. The molecule has 0 fully saturated rings. The van der Waals surface area contributed by atoms with Crippen molar-refractivity contribution in [2.75, 3.05) is 11.4 Å². The number of pyridine rings is 1. The molecule has 4 nitrogen and oxygen atoms in total. The number of aromatic nitrogens is 1. The van der Waals surface area contributed by atoms with Crippen LogP contribution in [0.25, 0.3) is 0 Å². The number of carboxylic acids is 1. The lowest BCUT2D eigenvalue weighted by atomic mass is 10.2. The highest BCUT2D eigenvalue weighted by Gasteiger charge is 2.36. The highest BCUT2D eigenvalue weighted by Crippen LogP contribution is 2.35. The standard InChI is InChI=1S/C11H13F3N2O2/c1-7(2)16(6-9(17)18)10-8(11(12,13)14)4-3-5-15-10/h3-5,7H,6H2,1-2H3,(H,17,18). The molecule has 0 atom stereocenters. The largest absolute Gasteiger partial charge is 0.480 e. The minimum atomic E-state index is -4.56. The molecule has 0 unspecified atom stereocenters. The lowest BCUT2D eigenvalue weighted by Crippen LogP contribution is -2.37. The van der Waals surface area contributed by atoms with E-state index < -0.39 is 30.3 Å². The average molecular weight is 262 g/mol. The molecule has 0 aliphatic carbocycles. The Kier molecular flexibility index (Phi) is 4.15. The maximum atomic E-state index is 12.8. The van der Waals surface area contributed by atoms with Gasteiger partial charge in [0.25, 0.3) is 0 Å². The molecule has 0 aromatic carbocycles. The zero-order valence-electron chi connectivity index (χ0n) is 9.90. The van der Waals surface area contributed by atoms with Gasteiger partial charge < -0.3 is 10.0 Å². The van der Waals surface area contributed by atoms with Crippen LogP contribution < -0.4 is 4.90 Å². The van der Waals surface area contributed by atoms with E-state index in [2.05, 4.69) is 4.98 Å². The second-order valence-corrected chi connectivity index (χ2v) is 3.99. The summed E-state index contributed by atoms with van der Waals surface area (Å²) in [4.78, 5) is 15.5. The molecule has 0 saturated heterocycles. The summed E-state index contributed by atoms with van der Waals surface area (Å²) in [6, 6.07) is 1.66. The number of aliphatic carboxylic acids is 1. The second kappa shape index (κ2) is 5.24. The number of nitrogens with zero attached hydrogens (tertiary/aromatic N) is 2. The van der Waals surface area contributed by atoms with Crippen LogP contribution in [0.15, 0.2) is 18.3 Å². The lowest BCUT2D eigenvalue weighted by Gasteiger charge is -2.28. The normalized spacial score (nSPS) is 11.7. The van der Waals surface area contributed by atoms with Crippen molar-refractivity contribution in [3.63, 3.8) is 0 Å². The first-order chi connectivity index (χ1) is 8.23. The molecule has 0 saturated carbocycles. The van der Waals surface area contributed by atoms with E-state index in [4.69, 9.17) is 5.11 Å². The average Bonchev–Trinajstić information content (AvgIpc) is 2.24. The molecule has 1 aromatic heterocycles. The third-order valence-electron chi connectivity index (χ3n) is 2.29. The molecule has 0 aliphatic heterocycles. The summed E-state index contributed by atoms with van der Waals surface area (Å²) < 4.78 is 38.4. The highest BCUT2D eigenvalue weighted by atomic mass is 19.4. The molecular formula is C11H13F3N2O2. The molecule has 1 N–H and O–H groups in total. The molecular weight excluding hydrogens is 249 g/mol. The smallest absolute Gasteiger partial charge is 0.419 e. The summed E-state index contributed by atoms with van der Waals surface area (Å²) in [5.41, 5.74) is -0.931. The van der Waals surface area contributed by atoms with E-state index in [9.17, 15) is 18.0 Å². The summed E-state index contributed by atoms with van der Waals surface area (Å²) in [5.74, 6) is -1.56. The third kappa shape index (κ3) is 3.35. The van der Waals surface area contributed by atoms with Crippen molar-refractivity contribution >= 4 is 11.8 Å². The van der Waals surface area contributed by atoms with Crippen molar-refractivity contribution in [1.29, 1.82) is 0 Å². The SMILES string of the molecule is CC(C)N(CC(=O)O)c1ncccc1C(F)(F)F. The predicted molar refractivity (Wildman–Crippen MR) is 59.4 cm³/mol. The molecule has 0 spiro atoms. The van der Waals surface area contributed by atoms with Gasteiger partial charge in [0.15, 0.2) is 0 Å². The molecule has 0 radical (unpaired) electrons. The van der Waals surface area contributed by atoms with Gasteiger partial charge in [-0.2, -0.15) is 13.2 Å². The van der Waals surface area contributed by atoms with Crippen LogP contribution in [-0.4, -0.2) is 28.6 Å². The summed E-state index contributed by atoms with van der Waals surface area (Å²) in [6.07, 6.45) is -3.35. The Labute approximate surface area is 102 Å². The molecule has 1 rings (SSSR count). The van der Waals surface area contributed by atoms with Gasteiger partial charge in [0, 0.05) is 12.2 Å². The van der Waals surface area contributed by atoms with Crippen LogP contribution in [0.3, 0.4) is 0 Å². The summed E-state index contributed by atoms with van der Waals surface area (Å²) in [5, 5.41) is 8.74. The molecule has 18 heavy (non-hydrogen) atoms. The molecule has 7 heteroatoms. The van der Waals surface area contributed by atoms with Crippen molar-refractivity contribution in [3.8, 4) is 0 Å². The maximum absolute atomic E-state index is 12.8. The Morgan fingerprint density at radius 2 is 2.11 bits per heavy atom. The summed E-state index contributed by atoms with van der Waals surface area (Å²) in [6.45, 7) is 2.69. The van der Waals surface area contributed by atoms with Gasteiger partial charge in [0.2, 0.25) is 0 Å². The Balaban J connectivity index is 3.24. The van der Waals surface area contributed by atoms with Gasteiger partial charge in [0.05, 0.1) is 5.56 Å². The Bertz CT molecular complexity index is 433. The van der Waals surface area contributed by atoms with E-state index in [0.29, 0.717) is 0 Å². The number of carboxylic acid groups (broad SMARTS) is 1. The van der Waals surface area contributed by atoms with Crippen LogP contribution >= 0.6 is 0 Å². The van der Waals surface area contributed by atoms with Crippen molar-refractivity contribution < 1.29 is 23.1 Å². The van der Waals surface area contributed by atoms with Crippen LogP contribution in [0.2, 0.25) is 0 Å². The van der Waals surface area contributed by atoms with Crippen LogP contribution in [0.5, 0.6) is 0 Å². The van der Waals surface area contributed by atoms with Crippen molar-refractivity contribution in [3.05, 3.63) is 23.9 Å². The highest BCUT2D eigenvalue weighted by molar-refractivity contribution is 5.74. The topological polar surface area (TPSA) is 53.4 Å². The Morgan fingerprint density at radius 1 is 1.50 bits per heavy atom. The number of hydrogen-bond donors (Lipinski definition) is 1. The molecule has 0 bridgehead atoms. The van der Waals surface area contributed by atoms with Gasteiger partial charge in [0.1, 0.15) is 12.4 Å². The zero-order chi connectivity index (χ0) is 13.9. The minimum Gasteiger partial charge on any atom is -0.480 e. The third-order valence-corrected chi connectivity index (χ3v) is 2.29. The first-order valence-electron chi connectivity index (χ1n) is 5.24. The van der Waals surface area contributed by atoms with Gasteiger partial charge in [-0.15, -0.1) is 0 Å². The second-order valence-electron chi connectivity index (χ2n) is 3.99. The number of anilines is 1. The summed E-state index contributed by atoms with van der Waals surface area (Å²) >= 11 is 0. The number of alkyl halides is 3. The number of carbonyl (C=O) groups is 1. The zero-order valence-corrected chi connectivity index (χ0v) is 9.90. The maximum Gasteiger partial charge on any atom is 0.419 e. The first-order valence-corrected chi connectivity index (χ1v) is 5.24. The predicted octanol–water partition coefficient (Wildman–Crippen LogP) is 2.40. The number of hydrogen-bond acceptors (Lipinski definition) is 3. The fourth-order valence-corrected chi connectivity index (χ4v) is 1.49. The van der Waals surface area contributed by atoms with Crippen LogP contribution in [0.4, 0.5) is 19.0 Å². The van der Waals surface area contributed by atoms with E-state index in [1.807, 2.05) is 0 Å². The lowest BCUT2D eigenvalue weighted by molar-refractivity contribution is -0.138. The van der Waals surface area contributed by atoms with Gasteiger partial charge >= 0.3 is 12.1 Å². The molecule has 0 amide bonds. The van der Waals surface area contributed by atoms with E-state index in [-0.39, 0.29) is 5.82 Å².